The van der Waals surface area contributed by atoms with Crippen LogP contribution in [0.4, 0.5) is 0 Å². The van der Waals surface area contributed by atoms with E-state index >= 15 is 0 Å². The smallest absolute Gasteiger partial charge is 0.0445 e. The van der Waals surface area contributed by atoms with E-state index in [1.165, 1.54) is 0 Å². The zero-order valence-electron chi connectivity index (χ0n) is 3.52. The Bertz CT molecular complexity index is 108. The van der Waals surface area contributed by atoms with Crippen molar-refractivity contribution in [1.82, 2.24) is 5.32 Å². The molecule has 0 aromatic rings. The fraction of sp³-hybridized carbons (Fsp3) is 0.200. The summed E-state index contributed by atoms with van der Waals surface area (Å²) in [5.74, 6) is 2.51. The molecule has 0 amide bonds. The van der Waals surface area contributed by atoms with Crippen LogP contribution in [-0.4, -0.2) is 0 Å². The molecule has 0 saturated carbocycles. The fourth-order valence-corrected chi connectivity index (χ4v) is 0.0882. The summed E-state index contributed by atoms with van der Waals surface area (Å²) in [6.45, 7) is 1.68. The van der Waals surface area contributed by atoms with Crippen LogP contribution in [0.5, 0.6) is 0 Å². The molecule has 0 fully saturated rings. The zero-order chi connectivity index (χ0) is 4.83. The maximum atomic E-state index is 4.70. The van der Waals surface area contributed by atoms with Crippen LogP contribution < -0.4 is 5.32 Å². The third-order valence-corrected chi connectivity index (χ3v) is 0.232. The number of nitrogens with zero attached hydrogens (tertiary/aromatic N) is 1. The van der Waals surface area contributed by atoms with Gasteiger partial charge in [0.15, 0.2) is 0 Å². The Labute approximate surface area is 37.7 Å². The van der Waals surface area contributed by atoms with E-state index in [-0.39, 0.29) is 0 Å². The lowest BCUT2D eigenvalue weighted by molar-refractivity contribution is 1.31. The summed E-state index contributed by atoms with van der Waals surface area (Å²) in [6, 6.07) is 4.36. The van der Waals surface area contributed by atoms with E-state index in [1.54, 1.807) is 6.92 Å². The minimum absolute atomic E-state index is 1.68. The van der Waals surface area contributed by atoms with Gasteiger partial charge in [0, 0.05) is 12.1 Å². The van der Waals surface area contributed by atoms with Crippen molar-refractivity contribution in [2.45, 2.75) is 6.92 Å². The van der Waals surface area contributed by atoms with E-state index < -0.39 is 0 Å². The molecule has 1 heteroatoms. The Morgan fingerprint density at radius 3 is 2.50 bits per heavy atom. The summed E-state index contributed by atoms with van der Waals surface area (Å²) in [5, 5.41) is 3.26. The normalized spacial score (nSPS) is 4.00. The molecule has 6 heavy (non-hydrogen) atoms. The van der Waals surface area contributed by atoms with E-state index in [0.717, 1.165) is 0 Å². The third kappa shape index (κ3) is 2.92. The molecule has 0 spiro atoms. The molecule has 0 aliphatic rings. The summed E-state index contributed by atoms with van der Waals surface area (Å²) < 4.78 is 0. The zero-order valence-corrected chi connectivity index (χ0v) is 3.52. The van der Waals surface area contributed by atoms with Crippen LogP contribution in [0.15, 0.2) is 0 Å². The summed E-state index contributed by atoms with van der Waals surface area (Å²) in [4.78, 5) is 0. The molecular formula is C5H4N. The molecule has 0 rings (SSSR count). The summed E-state index contributed by atoms with van der Waals surface area (Å²) in [5.41, 5.74) is 0. The van der Waals surface area contributed by atoms with Gasteiger partial charge in [-0.1, -0.05) is 12.3 Å². The molecule has 0 bridgehead atoms. The first-order valence-electron chi connectivity index (χ1n) is 1.49. The largest absolute Gasteiger partial charge is 0.146 e. The highest BCUT2D eigenvalue weighted by atomic mass is 14.8. The number of terminal acetylenes is 1. The van der Waals surface area contributed by atoms with Gasteiger partial charge in [0.2, 0.25) is 0 Å². The van der Waals surface area contributed by atoms with Gasteiger partial charge >= 0.3 is 0 Å². The third-order valence-electron chi connectivity index (χ3n) is 0.232. The topological polar surface area (TPSA) is 14.1 Å². The van der Waals surface area contributed by atoms with Crippen molar-refractivity contribution in [2.75, 3.05) is 0 Å². The molecule has 0 N–H and O–H groups in total. The predicted molar refractivity (Wildman–Crippen MR) is 24.4 cm³/mol. The Morgan fingerprint density at radius 2 is 2.33 bits per heavy atom. The second-order valence-corrected chi connectivity index (χ2v) is 0.603. The van der Waals surface area contributed by atoms with Crippen LogP contribution >= 0.6 is 0 Å². The van der Waals surface area contributed by atoms with E-state index in [2.05, 4.69) is 17.3 Å². The van der Waals surface area contributed by atoms with Gasteiger partial charge in [-0.15, -0.1) is 5.32 Å². The molecule has 0 heterocycles. The molecule has 0 atom stereocenters. The summed E-state index contributed by atoms with van der Waals surface area (Å²) in [6.07, 6.45) is 4.70. The van der Waals surface area contributed by atoms with Crippen molar-refractivity contribution in [1.29, 1.82) is 0 Å². The Balaban J connectivity index is 3.07. The lowest BCUT2D eigenvalue weighted by atomic mass is 10.8. The maximum absolute atomic E-state index is 4.70. The average Bonchev–Trinajstić information content (AvgIpc) is 1.61. The average molecular weight is 78.1 g/mol. The molecule has 1 radical (unpaired) electrons. The lowest BCUT2D eigenvalue weighted by Crippen LogP contribution is -1.77. The summed E-state index contributed by atoms with van der Waals surface area (Å²) >= 11 is 0. The second-order valence-electron chi connectivity index (χ2n) is 0.603. The first kappa shape index (κ1) is 4.92. The predicted octanol–water partition coefficient (Wildman–Crippen LogP) is 0.162. The van der Waals surface area contributed by atoms with Gasteiger partial charge in [0.25, 0.3) is 0 Å². The molecule has 0 aliphatic heterocycles. The Hall–Kier alpha value is -1.08. The van der Waals surface area contributed by atoms with Crippen LogP contribution in [0.3, 0.4) is 0 Å². The van der Waals surface area contributed by atoms with Crippen molar-refractivity contribution < 1.29 is 0 Å². The SMILES string of the molecule is C#C[N]C#CC. The van der Waals surface area contributed by atoms with Crippen molar-refractivity contribution in [3.63, 3.8) is 0 Å². The van der Waals surface area contributed by atoms with Crippen LogP contribution in [0, 0.1) is 24.4 Å². The van der Waals surface area contributed by atoms with Crippen LogP contribution in [-0.2, 0) is 0 Å². The highest BCUT2D eigenvalue weighted by Crippen LogP contribution is 1.44. The maximum Gasteiger partial charge on any atom is 0.0445 e. The molecule has 0 saturated heterocycles. The molecular weight excluding hydrogens is 74.1 g/mol. The van der Waals surface area contributed by atoms with Gasteiger partial charge in [-0.05, 0) is 6.92 Å². The van der Waals surface area contributed by atoms with Gasteiger partial charge in [-0.3, -0.25) is 0 Å². The molecule has 29 valence electrons. The van der Waals surface area contributed by atoms with Gasteiger partial charge in [-0.25, -0.2) is 0 Å². The molecule has 0 aromatic carbocycles. The Kier molecular flexibility index (Phi) is 3.21. The van der Waals surface area contributed by atoms with Crippen molar-refractivity contribution in [2.24, 2.45) is 0 Å². The first-order valence-corrected chi connectivity index (χ1v) is 1.49. The van der Waals surface area contributed by atoms with Gasteiger partial charge in [0.1, 0.15) is 0 Å². The van der Waals surface area contributed by atoms with Crippen molar-refractivity contribution in [3.8, 4) is 24.4 Å². The van der Waals surface area contributed by atoms with E-state index in [0.29, 0.717) is 0 Å². The monoisotopic (exact) mass is 78.0 g/mol. The van der Waals surface area contributed by atoms with E-state index in [9.17, 15) is 0 Å². The highest BCUT2D eigenvalue weighted by molar-refractivity contribution is 4.99. The first-order chi connectivity index (χ1) is 2.91. The van der Waals surface area contributed by atoms with Crippen LogP contribution in [0.2, 0.25) is 0 Å². The lowest BCUT2D eigenvalue weighted by Gasteiger charge is -1.61. The van der Waals surface area contributed by atoms with Crippen LogP contribution in [0.25, 0.3) is 0 Å². The van der Waals surface area contributed by atoms with Crippen molar-refractivity contribution in [3.05, 3.63) is 0 Å². The molecule has 0 aromatic heterocycles. The van der Waals surface area contributed by atoms with Gasteiger partial charge in [-0.2, -0.15) is 0 Å². The second kappa shape index (κ2) is 3.92. The van der Waals surface area contributed by atoms with E-state index in [1.807, 2.05) is 6.04 Å². The number of rotatable bonds is 0. The van der Waals surface area contributed by atoms with E-state index in [4.69, 9.17) is 6.42 Å². The molecule has 1 nitrogen and oxygen atoms in total. The molecule has 0 unspecified atom stereocenters. The standard InChI is InChI=1S/C5H4N/c1-3-5-6-4-2/h2H,1H3. The Morgan fingerprint density at radius 1 is 1.67 bits per heavy atom. The number of hydrogen-bond donors (Lipinski definition) is 0. The van der Waals surface area contributed by atoms with Gasteiger partial charge in [0.05, 0.1) is 0 Å². The van der Waals surface area contributed by atoms with Gasteiger partial charge < -0.3 is 0 Å². The minimum atomic E-state index is 1.68. The number of hydrogen-bond acceptors (Lipinski definition) is 0. The van der Waals surface area contributed by atoms with Crippen molar-refractivity contribution >= 4 is 0 Å². The minimum Gasteiger partial charge on any atom is -0.146 e. The summed E-state index contributed by atoms with van der Waals surface area (Å²) in [7, 11) is 0. The molecule has 0 aliphatic carbocycles. The quantitative estimate of drug-likeness (QED) is 0.366. The van der Waals surface area contributed by atoms with Crippen LogP contribution in [0.1, 0.15) is 6.92 Å². The highest BCUT2D eigenvalue weighted by Gasteiger charge is 1.53. The fourth-order valence-electron chi connectivity index (χ4n) is 0.0882.